The van der Waals surface area contributed by atoms with Gasteiger partial charge in [-0.05, 0) is 25.7 Å². The normalized spacial score (nSPS) is 32.5. The standard InChI is InChI=1S/C22H35N4O16P3S2/c1-11-7-26(12(2)23-20(11)28)13-8-37-14(17(13)41-43(30,31)32)9-38-45(34,47)39-10-15-18(42-44(33,46)36-4)19(35-3)21(40-15)25-6-5-16(27)24-22(25)29/h5-7,12-15,17-19,21H,8-10H2,1-4H3,(H,23,28)(H,33,46)(H,34,47)(H,24,27,29)(H2,30,31,32)/t12?,13-,14-,15-,17?,18+,19?,21?,44?,45?/m1/s1. The van der Waals surface area contributed by atoms with Crippen LogP contribution in [0, 0.1) is 0 Å². The lowest BCUT2D eigenvalue weighted by molar-refractivity contribution is -0.120. The van der Waals surface area contributed by atoms with Gasteiger partial charge in [0.05, 0.1) is 32.0 Å². The van der Waals surface area contributed by atoms with Crippen molar-refractivity contribution in [2.45, 2.75) is 62.8 Å². The van der Waals surface area contributed by atoms with E-state index in [2.05, 4.69) is 22.5 Å². The molecule has 4 rings (SSSR count). The van der Waals surface area contributed by atoms with E-state index in [4.69, 9.17) is 48.6 Å². The number of thiol groups is 1. The average Bonchev–Trinajstić information content (AvgIpc) is 3.51. The minimum absolute atomic E-state index is 0.0972. The lowest BCUT2D eigenvalue weighted by atomic mass is 10.1. The predicted molar refractivity (Wildman–Crippen MR) is 167 cm³/mol. The van der Waals surface area contributed by atoms with Crippen LogP contribution >= 0.6 is 33.6 Å². The number of aromatic nitrogens is 2. The number of H-pyrrole nitrogens is 1. The Hall–Kier alpha value is -1.29. The second kappa shape index (κ2) is 15.3. The Labute approximate surface area is 277 Å². The summed E-state index contributed by atoms with van der Waals surface area (Å²) in [7, 11) is -2.72. The molecule has 0 radical (unpaired) electrons. The third-order valence-electron chi connectivity index (χ3n) is 7.33. The van der Waals surface area contributed by atoms with Crippen molar-refractivity contribution in [1.82, 2.24) is 19.8 Å². The Morgan fingerprint density at radius 3 is 2.32 bits per heavy atom. The molecule has 20 nitrogen and oxygen atoms in total. The van der Waals surface area contributed by atoms with Gasteiger partial charge in [0, 0.05) is 38.3 Å². The molecule has 0 saturated carbocycles. The third-order valence-corrected chi connectivity index (χ3v) is 11.2. The van der Waals surface area contributed by atoms with Crippen molar-refractivity contribution in [3.05, 3.63) is 44.9 Å². The highest BCUT2D eigenvalue weighted by Gasteiger charge is 2.51. The number of nitrogens with one attached hydrogen (secondary N) is 2. The molecule has 2 saturated heterocycles. The zero-order valence-corrected chi connectivity index (χ0v) is 29.6. The fourth-order valence-corrected chi connectivity index (χ4v) is 7.83. The molecule has 2 fully saturated rings. The van der Waals surface area contributed by atoms with E-state index < -0.39 is 94.8 Å². The summed E-state index contributed by atoms with van der Waals surface area (Å²) in [6.07, 6.45) is -5.29. The Kier molecular flexibility index (Phi) is 12.5. The summed E-state index contributed by atoms with van der Waals surface area (Å²) < 4.78 is 68.9. The Balaban J connectivity index is 1.48. The largest absolute Gasteiger partial charge is 0.470 e. The number of hydrogen-bond donors (Lipinski definition) is 6. The summed E-state index contributed by atoms with van der Waals surface area (Å²) >= 11 is 9.02. The number of ether oxygens (including phenoxy) is 3. The van der Waals surface area contributed by atoms with Gasteiger partial charge in [-0.25, -0.2) is 13.9 Å². The Morgan fingerprint density at radius 2 is 1.72 bits per heavy atom. The Morgan fingerprint density at radius 1 is 1.06 bits per heavy atom. The van der Waals surface area contributed by atoms with Crippen LogP contribution in [-0.4, -0.2) is 112 Å². The number of nitrogens with zero attached hydrogens (tertiary/aromatic N) is 2. The first-order valence-corrected chi connectivity index (χ1v) is 20.5. The van der Waals surface area contributed by atoms with E-state index in [9.17, 15) is 38.2 Å². The van der Waals surface area contributed by atoms with Crippen LogP contribution in [0.25, 0.3) is 0 Å². The van der Waals surface area contributed by atoms with E-state index >= 15 is 0 Å². The number of carbonyl (C=O) groups excluding carboxylic acids is 1. The maximum atomic E-state index is 12.6. The summed E-state index contributed by atoms with van der Waals surface area (Å²) in [6.45, 7) is -6.15. The van der Waals surface area contributed by atoms with Crippen LogP contribution < -0.4 is 16.6 Å². The van der Waals surface area contributed by atoms with Crippen LogP contribution in [0.15, 0.2) is 33.6 Å². The van der Waals surface area contributed by atoms with Crippen LogP contribution in [0.5, 0.6) is 0 Å². The number of methoxy groups -OCH3 is 1. The number of rotatable bonds is 14. The Bertz CT molecular complexity index is 1600. The number of amides is 1. The third kappa shape index (κ3) is 9.70. The highest BCUT2D eigenvalue weighted by Crippen LogP contribution is 2.56. The quantitative estimate of drug-likeness (QED) is 0.105. The molecule has 1 aromatic rings. The van der Waals surface area contributed by atoms with E-state index in [0.717, 1.165) is 23.9 Å². The summed E-state index contributed by atoms with van der Waals surface area (Å²) in [5, 5.41) is 2.72. The topological polar surface area (TPSA) is 256 Å². The number of phosphoric ester groups is 1. The molecular weight excluding hydrogens is 733 g/mol. The van der Waals surface area contributed by atoms with Gasteiger partial charge < -0.3 is 52.7 Å². The maximum Gasteiger partial charge on any atom is 0.470 e. The number of carbonyl (C=O) groups is 1. The van der Waals surface area contributed by atoms with Gasteiger partial charge in [0.25, 0.3) is 5.56 Å². The molecule has 1 amide bonds. The van der Waals surface area contributed by atoms with Crippen LogP contribution in [0.2, 0.25) is 0 Å². The van der Waals surface area contributed by atoms with Crippen molar-refractivity contribution < 1.29 is 65.4 Å². The van der Waals surface area contributed by atoms with Gasteiger partial charge >= 0.3 is 27.0 Å². The van der Waals surface area contributed by atoms with Crippen LogP contribution in [0.3, 0.4) is 0 Å². The first-order chi connectivity index (χ1) is 21.8. The van der Waals surface area contributed by atoms with Gasteiger partial charge in [-0.2, -0.15) is 0 Å². The van der Waals surface area contributed by atoms with Gasteiger partial charge in [-0.15, -0.1) is 0 Å². The molecule has 25 heteroatoms. The van der Waals surface area contributed by atoms with E-state index in [0.29, 0.717) is 5.57 Å². The number of phosphoric acid groups is 1. The van der Waals surface area contributed by atoms with Crippen molar-refractivity contribution in [2.24, 2.45) is 0 Å². The molecule has 47 heavy (non-hydrogen) atoms. The summed E-state index contributed by atoms with van der Waals surface area (Å²) in [5.74, 6) is -0.315. The van der Waals surface area contributed by atoms with E-state index in [1.54, 1.807) is 18.7 Å². The summed E-state index contributed by atoms with van der Waals surface area (Å²) in [4.78, 5) is 69.9. The molecule has 1 aromatic heterocycles. The maximum absolute atomic E-state index is 12.6. The molecule has 4 heterocycles. The van der Waals surface area contributed by atoms with Gasteiger partial charge in [-0.1, -0.05) is 12.2 Å². The minimum Gasteiger partial charge on any atom is -0.374 e. The molecule has 5 N–H and O–H groups in total. The molecule has 10 atom stereocenters. The molecule has 3 aliphatic heterocycles. The number of aromatic amines is 1. The zero-order chi connectivity index (χ0) is 34.9. The molecule has 0 aliphatic carbocycles. The van der Waals surface area contributed by atoms with E-state index in [1.165, 1.54) is 13.3 Å². The fourth-order valence-electron chi connectivity index (χ4n) is 5.15. The number of hydrogen-bond acceptors (Lipinski definition) is 15. The van der Waals surface area contributed by atoms with Crippen LogP contribution in [-0.2, 0) is 62.6 Å². The lowest BCUT2D eigenvalue weighted by Crippen LogP contribution is -2.56. The second-order valence-corrected chi connectivity index (χ2v) is 17.5. The molecule has 3 aliphatic rings. The smallest absolute Gasteiger partial charge is 0.374 e. The van der Waals surface area contributed by atoms with Crippen LogP contribution in [0.1, 0.15) is 20.1 Å². The van der Waals surface area contributed by atoms with Crippen LogP contribution in [0.4, 0.5) is 0 Å². The van der Waals surface area contributed by atoms with Crippen molar-refractivity contribution in [2.75, 3.05) is 34.0 Å². The monoisotopic (exact) mass is 768 g/mol. The molecule has 0 spiro atoms. The summed E-state index contributed by atoms with van der Waals surface area (Å²) in [5.41, 5.74) is -1.18. The molecule has 0 aromatic carbocycles. The van der Waals surface area contributed by atoms with E-state index in [-0.39, 0.29) is 12.5 Å². The van der Waals surface area contributed by atoms with Crippen molar-refractivity contribution in [3.63, 3.8) is 0 Å². The molecule has 266 valence electrons. The second-order valence-electron chi connectivity index (χ2n) is 10.5. The first kappa shape index (κ1) is 38.5. The fraction of sp³-hybridized carbons (Fsp3) is 0.682. The minimum atomic E-state index is -5.06. The zero-order valence-electron chi connectivity index (χ0n) is 25.2. The lowest BCUT2D eigenvalue weighted by Gasteiger charge is -2.39. The van der Waals surface area contributed by atoms with Crippen molar-refractivity contribution >= 4 is 51.3 Å². The van der Waals surface area contributed by atoms with Gasteiger partial charge in [0.2, 0.25) is 5.91 Å². The highest BCUT2D eigenvalue weighted by molar-refractivity contribution is 8.44. The molecule has 6 unspecified atom stereocenters. The van der Waals surface area contributed by atoms with Crippen molar-refractivity contribution in [3.8, 4) is 0 Å². The summed E-state index contributed by atoms with van der Waals surface area (Å²) in [6, 6.07) is 0.274. The van der Waals surface area contributed by atoms with Gasteiger partial charge in [0.15, 0.2) is 6.23 Å². The average molecular weight is 769 g/mol. The van der Waals surface area contributed by atoms with Gasteiger partial charge in [-0.3, -0.25) is 28.2 Å². The SMILES string of the molecule is COC1C(n2ccc(=O)[nH]c2=O)O[C@H](COP(O)(=S)OC[C@H]2OC[C@@H](N3C=C(C)C(=O)NC3C)C2OP(=O)(O)O)[C@@H]1OP(=O)(S)OC. The van der Waals surface area contributed by atoms with E-state index in [1.807, 2.05) is 0 Å². The van der Waals surface area contributed by atoms with Crippen molar-refractivity contribution in [1.29, 1.82) is 0 Å². The first-order valence-electron chi connectivity index (χ1n) is 13.7. The highest BCUT2D eigenvalue weighted by atomic mass is 32.7. The molecular formula is C22H35N4O16P3S2. The predicted octanol–water partition coefficient (Wildman–Crippen LogP) is -0.305. The van der Waals surface area contributed by atoms with Gasteiger partial charge in [0.1, 0.15) is 30.5 Å². The molecule has 0 bridgehead atoms.